The summed E-state index contributed by atoms with van der Waals surface area (Å²) in [5, 5.41) is 11.4. The molecular formula is C20H18N2O4S. The van der Waals surface area contributed by atoms with Crippen molar-refractivity contribution in [3.63, 3.8) is 0 Å². The van der Waals surface area contributed by atoms with Crippen molar-refractivity contribution in [1.29, 1.82) is 0 Å². The van der Waals surface area contributed by atoms with Crippen molar-refractivity contribution in [3.05, 3.63) is 100 Å². The molecule has 0 N–H and O–H groups in total. The number of aryl methyl sites for hydroxylation is 1. The van der Waals surface area contributed by atoms with Crippen LogP contribution in [0.1, 0.15) is 11.1 Å². The topological polar surface area (TPSA) is 80.5 Å². The van der Waals surface area contributed by atoms with Gasteiger partial charge >= 0.3 is 0 Å². The Hall–Kier alpha value is -3.19. The van der Waals surface area contributed by atoms with Gasteiger partial charge in [0.05, 0.1) is 17.2 Å². The highest BCUT2D eigenvalue weighted by atomic mass is 32.2. The van der Waals surface area contributed by atoms with Crippen molar-refractivity contribution in [2.45, 2.75) is 18.4 Å². The monoisotopic (exact) mass is 382 g/mol. The highest BCUT2D eigenvalue weighted by molar-refractivity contribution is 7.93. The van der Waals surface area contributed by atoms with E-state index in [0.717, 1.165) is 11.1 Å². The number of nitro groups is 1. The molecule has 0 aliphatic heterocycles. The highest BCUT2D eigenvalue weighted by Gasteiger charge is 2.31. The van der Waals surface area contributed by atoms with Gasteiger partial charge in [-0.1, -0.05) is 54.6 Å². The molecule has 0 saturated heterocycles. The Kier molecular flexibility index (Phi) is 5.23. The first-order valence-electron chi connectivity index (χ1n) is 8.26. The average Bonchev–Trinajstić information content (AvgIpc) is 2.66. The maximum Gasteiger partial charge on any atom is 0.289 e. The van der Waals surface area contributed by atoms with E-state index in [1.165, 1.54) is 28.6 Å². The number of sulfonamides is 1. The van der Waals surface area contributed by atoms with E-state index in [1.54, 1.807) is 18.2 Å². The van der Waals surface area contributed by atoms with E-state index >= 15 is 0 Å². The smallest absolute Gasteiger partial charge is 0.262 e. The number of rotatable bonds is 6. The number of nitro benzene ring substituents is 1. The van der Waals surface area contributed by atoms with Gasteiger partial charge in [-0.05, 0) is 36.2 Å². The number of hydrogen-bond acceptors (Lipinski definition) is 4. The van der Waals surface area contributed by atoms with E-state index < -0.39 is 20.6 Å². The minimum atomic E-state index is -4.15. The second-order valence-corrected chi connectivity index (χ2v) is 7.89. The molecule has 3 rings (SSSR count). The maximum absolute atomic E-state index is 13.4. The summed E-state index contributed by atoms with van der Waals surface area (Å²) < 4.78 is 28.0. The van der Waals surface area contributed by atoms with Gasteiger partial charge in [-0.25, -0.2) is 8.42 Å². The predicted octanol–water partition coefficient (Wildman–Crippen LogP) is 4.30. The fourth-order valence-corrected chi connectivity index (χ4v) is 4.40. The van der Waals surface area contributed by atoms with Gasteiger partial charge in [0.15, 0.2) is 4.90 Å². The summed E-state index contributed by atoms with van der Waals surface area (Å²) in [6, 6.07) is 21.6. The Morgan fingerprint density at radius 3 is 2.26 bits per heavy atom. The molecule has 0 bridgehead atoms. The van der Waals surface area contributed by atoms with E-state index in [2.05, 4.69) is 0 Å². The lowest BCUT2D eigenvalue weighted by molar-refractivity contribution is -0.387. The average molecular weight is 382 g/mol. The molecule has 27 heavy (non-hydrogen) atoms. The molecule has 3 aromatic rings. The third kappa shape index (κ3) is 3.98. The second kappa shape index (κ2) is 7.59. The van der Waals surface area contributed by atoms with Gasteiger partial charge in [-0.15, -0.1) is 0 Å². The van der Waals surface area contributed by atoms with Crippen LogP contribution in [0.25, 0.3) is 0 Å². The fourth-order valence-electron chi connectivity index (χ4n) is 2.79. The molecule has 0 amide bonds. The molecule has 7 heteroatoms. The zero-order valence-electron chi connectivity index (χ0n) is 14.6. The Balaban J connectivity index is 2.16. The van der Waals surface area contributed by atoms with Gasteiger partial charge < -0.3 is 0 Å². The molecule has 0 fully saturated rings. The third-order valence-corrected chi connectivity index (χ3v) is 5.91. The van der Waals surface area contributed by atoms with Gasteiger partial charge in [-0.3, -0.25) is 14.4 Å². The van der Waals surface area contributed by atoms with Crippen LogP contribution in [-0.4, -0.2) is 13.3 Å². The zero-order valence-corrected chi connectivity index (χ0v) is 15.5. The van der Waals surface area contributed by atoms with Crippen LogP contribution in [0.4, 0.5) is 11.4 Å². The lowest BCUT2D eigenvalue weighted by Crippen LogP contribution is -2.31. The van der Waals surface area contributed by atoms with Crippen molar-refractivity contribution >= 4 is 21.4 Å². The van der Waals surface area contributed by atoms with Crippen LogP contribution in [0.15, 0.2) is 83.8 Å². The van der Waals surface area contributed by atoms with Gasteiger partial charge in [0, 0.05) is 6.07 Å². The molecule has 0 unspecified atom stereocenters. The van der Waals surface area contributed by atoms with E-state index in [9.17, 15) is 18.5 Å². The van der Waals surface area contributed by atoms with Crippen LogP contribution < -0.4 is 4.31 Å². The van der Waals surface area contributed by atoms with Crippen molar-refractivity contribution in [2.75, 3.05) is 4.31 Å². The largest absolute Gasteiger partial charge is 0.289 e. The van der Waals surface area contributed by atoms with Crippen LogP contribution in [0.5, 0.6) is 0 Å². The number of nitrogens with zero attached hydrogens (tertiary/aromatic N) is 2. The summed E-state index contributed by atoms with van der Waals surface area (Å²) >= 11 is 0. The lowest BCUT2D eigenvalue weighted by Gasteiger charge is -2.25. The van der Waals surface area contributed by atoms with Crippen LogP contribution in [0.2, 0.25) is 0 Å². The summed E-state index contributed by atoms with van der Waals surface area (Å²) in [5.74, 6) is 0. The summed E-state index contributed by atoms with van der Waals surface area (Å²) in [7, 11) is -4.15. The molecule has 6 nitrogen and oxygen atoms in total. The Labute approximate surface area is 157 Å². The Morgan fingerprint density at radius 2 is 1.59 bits per heavy atom. The highest BCUT2D eigenvalue weighted by Crippen LogP contribution is 2.31. The van der Waals surface area contributed by atoms with Crippen molar-refractivity contribution < 1.29 is 13.3 Å². The lowest BCUT2D eigenvalue weighted by atomic mass is 10.2. The summed E-state index contributed by atoms with van der Waals surface area (Å²) in [6.45, 7) is 1.93. The predicted molar refractivity (Wildman–Crippen MR) is 104 cm³/mol. The SMILES string of the molecule is Cc1cccc(N(Cc2ccccc2)S(=O)(=O)c2ccccc2[N+](=O)[O-])c1. The molecule has 0 atom stereocenters. The molecule has 0 aromatic heterocycles. The number of benzene rings is 3. The fraction of sp³-hybridized carbons (Fsp3) is 0.100. The van der Waals surface area contributed by atoms with Crippen LogP contribution in [-0.2, 0) is 16.6 Å². The number of para-hydroxylation sites is 1. The standard InChI is InChI=1S/C20H18N2O4S/c1-16-8-7-11-18(14-16)21(15-17-9-3-2-4-10-17)27(25,26)20-13-6-5-12-19(20)22(23)24/h2-14H,15H2,1H3. The van der Waals surface area contributed by atoms with Crippen molar-refractivity contribution in [1.82, 2.24) is 0 Å². The van der Waals surface area contributed by atoms with Gasteiger partial charge in [0.25, 0.3) is 15.7 Å². The second-order valence-electron chi connectivity index (χ2n) is 6.06. The van der Waals surface area contributed by atoms with Crippen molar-refractivity contribution in [3.8, 4) is 0 Å². The minimum absolute atomic E-state index is 0.0681. The Bertz CT molecular complexity index is 1070. The molecule has 0 spiro atoms. The zero-order chi connectivity index (χ0) is 19.4. The first-order valence-corrected chi connectivity index (χ1v) is 9.70. The Morgan fingerprint density at radius 1 is 0.926 bits per heavy atom. The third-order valence-electron chi connectivity index (χ3n) is 4.09. The molecule has 3 aromatic carbocycles. The van der Waals surface area contributed by atoms with Gasteiger partial charge in [-0.2, -0.15) is 0 Å². The number of anilines is 1. The molecule has 0 radical (unpaired) electrons. The molecule has 0 aliphatic rings. The van der Waals surface area contributed by atoms with Crippen LogP contribution in [0, 0.1) is 17.0 Å². The maximum atomic E-state index is 13.4. The molecule has 0 aliphatic carbocycles. The summed E-state index contributed by atoms with van der Waals surface area (Å²) in [6.07, 6.45) is 0. The summed E-state index contributed by atoms with van der Waals surface area (Å²) in [5.41, 5.74) is 1.68. The van der Waals surface area contributed by atoms with Crippen molar-refractivity contribution in [2.24, 2.45) is 0 Å². The van der Waals surface area contributed by atoms with E-state index in [1.807, 2.05) is 43.3 Å². The number of hydrogen-bond donors (Lipinski definition) is 0. The quantitative estimate of drug-likeness (QED) is 0.470. The van der Waals surface area contributed by atoms with E-state index in [0.29, 0.717) is 5.69 Å². The van der Waals surface area contributed by atoms with E-state index in [4.69, 9.17) is 0 Å². The molecule has 0 saturated carbocycles. The normalized spacial score (nSPS) is 11.1. The van der Waals surface area contributed by atoms with Gasteiger partial charge in [0.1, 0.15) is 0 Å². The van der Waals surface area contributed by atoms with Crippen LogP contribution >= 0.6 is 0 Å². The summed E-state index contributed by atoms with van der Waals surface area (Å²) in [4.78, 5) is 10.4. The van der Waals surface area contributed by atoms with Gasteiger partial charge in [0.2, 0.25) is 0 Å². The minimum Gasteiger partial charge on any atom is -0.262 e. The molecule has 138 valence electrons. The van der Waals surface area contributed by atoms with E-state index in [-0.39, 0.29) is 11.4 Å². The molecular weight excluding hydrogens is 364 g/mol. The first kappa shape index (κ1) is 18.6. The molecule has 0 heterocycles. The van der Waals surface area contributed by atoms with Crippen LogP contribution in [0.3, 0.4) is 0 Å². The first-order chi connectivity index (χ1) is 12.9.